The maximum atomic E-state index is 14.4. The highest BCUT2D eigenvalue weighted by atomic mass is 19.1. The molecule has 0 saturated carbocycles. The summed E-state index contributed by atoms with van der Waals surface area (Å²) in [5.41, 5.74) is 2.08. The van der Waals surface area contributed by atoms with Gasteiger partial charge in [0, 0.05) is 38.4 Å². The minimum atomic E-state index is -0.342. The summed E-state index contributed by atoms with van der Waals surface area (Å²) in [4.78, 5) is 17.9. The number of benzene rings is 1. The van der Waals surface area contributed by atoms with Crippen molar-refractivity contribution in [3.63, 3.8) is 0 Å². The number of amides is 2. The monoisotopic (exact) mass is 388 g/mol. The molecular formula is C20H25FN4O3. The molecule has 0 bridgehead atoms. The third-order valence-electron chi connectivity index (χ3n) is 4.73. The normalized spacial score (nSPS) is 14.6. The van der Waals surface area contributed by atoms with E-state index in [9.17, 15) is 14.3 Å². The fourth-order valence-electron chi connectivity index (χ4n) is 3.12. The van der Waals surface area contributed by atoms with E-state index in [4.69, 9.17) is 4.74 Å². The zero-order valence-corrected chi connectivity index (χ0v) is 15.8. The molecule has 1 fully saturated rings. The van der Waals surface area contributed by atoms with Crippen LogP contribution in [0.15, 0.2) is 36.5 Å². The highest BCUT2D eigenvalue weighted by Crippen LogP contribution is 2.24. The summed E-state index contributed by atoms with van der Waals surface area (Å²) in [5, 5.41) is 15.0. The number of anilines is 1. The van der Waals surface area contributed by atoms with E-state index in [0.717, 1.165) is 5.56 Å². The van der Waals surface area contributed by atoms with E-state index >= 15 is 0 Å². The molecule has 1 aliphatic heterocycles. The molecule has 150 valence electrons. The first-order chi connectivity index (χ1) is 13.5. The summed E-state index contributed by atoms with van der Waals surface area (Å²) in [5.74, 6) is 0.165. The van der Waals surface area contributed by atoms with Crippen molar-refractivity contribution < 1.29 is 19.0 Å². The summed E-state index contributed by atoms with van der Waals surface area (Å²) in [7, 11) is 1.53. The summed E-state index contributed by atoms with van der Waals surface area (Å²) in [6.07, 6.45) is 2.61. The zero-order chi connectivity index (χ0) is 19.9. The topological polar surface area (TPSA) is 86.7 Å². The number of hydrogen-bond acceptors (Lipinski definition) is 5. The van der Waals surface area contributed by atoms with Crippen LogP contribution in [0.2, 0.25) is 0 Å². The Bertz CT molecular complexity index is 810. The first-order valence-electron chi connectivity index (χ1n) is 9.27. The molecular weight excluding hydrogens is 363 g/mol. The Morgan fingerprint density at radius 3 is 2.54 bits per heavy atom. The molecule has 0 spiro atoms. The number of urea groups is 1. The molecule has 0 radical (unpaired) electrons. The van der Waals surface area contributed by atoms with Gasteiger partial charge >= 0.3 is 6.03 Å². The number of carbonyl (C=O) groups excluding carboxylic acids is 1. The van der Waals surface area contributed by atoms with Crippen LogP contribution < -0.4 is 20.3 Å². The zero-order valence-electron chi connectivity index (χ0n) is 15.8. The molecule has 1 aromatic heterocycles. The Kier molecular flexibility index (Phi) is 6.65. The first kappa shape index (κ1) is 19.9. The molecule has 2 heterocycles. The van der Waals surface area contributed by atoms with Crippen LogP contribution in [0.3, 0.4) is 0 Å². The molecule has 3 N–H and O–H groups in total. The number of methoxy groups -OCH3 is 1. The van der Waals surface area contributed by atoms with Gasteiger partial charge in [-0.3, -0.25) is 0 Å². The molecule has 8 heteroatoms. The van der Waals surface area contributed by atoms with Crippen LogP contribution in [0, 0.1) is 5.82 Å². The maximum absolute atomic E-state index is 14.4. The van der Waals surface area contributed by atoms with Crippen molar-refractivity contribution in [3.05, 3.63) is 53.5 Å². The third-order valence-corrected chi connectivity index (χ3v) is 4.73. The molecule has 2 aromatic rings. The lowest BCUT2D eigenvalue weighted by Gasteiger charge is -2.31. The molecule has 1 aromatic carbocycles. The molecule has 0 aliphatic carbocycles. The number of hydrogen-bond donors (Lipinski definition) is 3. The molecule has 0 atom stereocenters. The van der Waals surface area contributed by atoms with Gasteiger partial charge in [-0.2, -0.15) is 0 Å². The fourth-order valence-corrected chi connectivity index (χ4v) is 3.12. The van der Waals surface area contributed by atoms with Crippen molar-refractivity contribution in [2.45, 2.75) is 32.0 Å². The van der Waals surface area contributed by atoms with Gasteiger partial charge in [0.25, 0.3) is 0 Å². The number of aliphatic hydroxyl groups is 1. The number of ether oxygens (including phenoxy) is 1. The SMILES string of the molecule is COc1cc(CNC(=O)NCc2ccc(N3CCC(O)CC3)c(F)c2)ccn1. The van der Waals surface area contributed by atoms with Gasteiger partial charge in [0.15, 0.2) is 0 Å². The summed E-state index contributed by atoms with van der Waals surface area (Å²) in [6, 6.07) is 8.16. The summed E-state index contributed by atoms with van der Waals surface area (Å²) >= 11 is 0. The predicted octanol–water partition coefficient (Wildman–Crippen LogP) is 2.19. The molecule has 2 amide bonds. The lowest BCUT2D eigenvalue weighted by molar-refractivity contribution is 0.145. The Balaban J connectivity index is 1.48. The minimum absolute atomic E-state index is 0.224. The predicted molar refractivity (Wildman–Crippen MR) is 104 cm³/mol. The van der Waals surface area contributed by atoms with Crippen molar-refractivity contribution in [1.82, 2.24) is 15.6 Å². The number of rotatable bonds is 6. The Morgan fingerprint density at radius 1 is 1.21 bits per heavy atom. The van der Waals surface area contributed by atoms with Gasteiger partial charge < -0.3 is 25.4 Å². The number of nitrogens with one attached hydrogen (secondary N) is 2. The number of aromatic nitrogens is 1. The van der Waals surface area contributed by atoms with Crippen LogP contribution in [0.4, 0.5) is 14.9 Å². The van der Waals surface area contributed by atoms with Gasteiger partial charge in [-0.25, -0.2) is 14.2 Å². The Labute approximate surface area is 163 Å². The van der Waals surface area contributed by atoms with Gasteiger partial charge in [-0.15, -0.1) is 0 Å². The van der Waals surface area contributed by atoms with E-state index in [1.165, 1.54) is 13.2 Å². The quantitative estimate of drug-likeness (QED) is 0.706. The molecule has 3 rings (SSSR count). The first-order valence-corrected chi connectivity index (χ1v) is 9.27. The minimum Gasteiger partial charge on any atom is -0.481 e. The summed E-state index contributed by atoms with van der Waals surface area (Å²) < 4.78 is 19.5. The van der Waals surface area contributed by atoms with E-state index in [1.807, 2.05) is 4.90 Å². The Hall–Kier alpha value is -2.87. The van der Waals surface area contributed by atoms with E-state index in [-0.39, 0.29) is 24.5 Å². The van der Waals surface area contributed by atoms with E-state index in [0.29, 0.717) is 49.6 Å². The highest BCUT2D eigenvalue weighted by Gasteiger charge is 2.19. The van der Waals surface area contributed by atoms with Crippen molar-refractivity contribution in [3.8, 4) is 5.88 Å². The van der Waals surface area contributed by atoms with Crippen molar-refractivity contribution in [2.24, 2.45) is 0 Å². The van der Waals surface area contributed by atoms with E-state index in [2.05, 4.69) is 15.6 Å². The molecule has 1 aliphatic rings. The fraction of sp³-hybridized carbons (Fsp3) is 0.400. The maximum Gasteiger partial charge on any atom is 0.315 e. The second kappa shape index (κ2) is 9.36. The second-order valence-electron chi connectivity index (χ2n) is 6.75. The molecule has 0 unspecified atom stereocenters. The van der Waals surface area contributed by atoms with Crippen molar-refractivity contribution in [2.75, 3.05) is 25.1 Å². The molecule has 7 nitrogen and oxygen atoms in total. The molecule has 1 saturated heterocycles. The number of pyridine rings is 1. The van der Waals surface area contributed by atoms with Gasteiger partial charge in [0.1, 0.15) is 5.82 Å². The van der Waals surface area contributed by atoms with Crippen LogP contribution >= 0.6 is 0 Å². The van der Waals surface area contributed by atoms with Gasteiger partial charge in [-0.05, 0) is 42.2 Å². The van der Waals surface area contributed by atoms with Crippen molar-refractivity contribution >= 4 is 11.7 Å². The van der Waals surface area contributed by atoms with Gasteiger partial charge in [0.2, 0.25) is 5.88 Å². The van der Waals surface area contributed by atoms with E-state index in [1.54, 1.807) is 30.5 Å². The third kappa shape index (κ3) is 5.32. The smallest absolute Gasteiger partial charge is 0.315 e. The van der Waals surface area contributed by atoms with Crippen molar-refractivity contribution in [1.29, 1.82) is 0 Å². The number of aliphatic hydroxyl groups excluding tert-OH is 1. The van der Waals surface area contributed by atoms with Crippen LogP contribution in [0.1, 0.15) is 24.0 Å². The number of halogens is 1. The average Bonchev–Trinajstić information content (AvgIpc) is 2.72. The number of piperidine rings is 1. The molecule has 28 heavy (non-hydrogen) atoms. The lowest BCUT2D eigenvalue weighted by Crippen LogP contribution is -2.36. The van der Waals surface area contributed by atoms with Crippen LogP contribution in [0.5, 0.6) is 5.88 Å². The van der Waals surface area contributed by atoms with Crippen LogP contribution in [-0.2, 0) is 13.1 Å². The number of nitrogens with zero attached hydrogens (tertiary/aromatic N) is 2. The largest absolute Gasteiger partial charge is 0.481 e. The van der Waals surface area contributed by atoms with Crippen LogP contribution in [-0.4, -0.2) is 42.4 Å². The summed E-state index contributed by atoms with van der Waals surface area (Å²) in [6.45, 7) is 1.83. The lowest BCUT2D eigenvalue weighted by atomic mass is 10.1. The number of carbonyl (C=O) groups is 1. The highest BCUT2D eigenvalue weighted by molar-refractivity contribution is 5.73. The van der Waals surface area contributed by atoms with Gasteiger partial charge in [0.05, 0.1) is 18.9 Å². The van der Waals surface area contributed by atoms with Crippen LogP contribution in [0.25, 0.3) is 0 Å². The van der Waals surface area contributed by atoms with Gasteiger partial charge in [-0.1, -0.05) is 6.07 Å². The van der Waals surface area contributed by atoms with E-state index < -0.39 is 0 Å². The average molecular weight is 388 g/mol. The second-order valence-corrected chi connectivity index (χ2v) is 6.75. The Morgan fingerprint density at radius 2 is 1.89 bits per heavy atom. The standard InChI is InChI=1S/C20H25FN4O3/c1-28-19-11-15(4-7-22-19)13-24-20(27)23-12-14-2-3-18(17(21)10-14)25-8-5-16(26)6-9-25/h2-4,7,10-11,16,26H,5-6,8-9,12-13H2,1H3,(H2,23,24,27).